The Labute approximate surface area is 110 Å². The van der Waals surface area contributed by atoms with Crippen molar-refractivity contribution in [3.05, 3.63) is 35.4 Å². The Morgan fingerprint density at radius 2 is 2.00 bits per heavy atom. The molecule has 1 heterocycles. The fraction of sp³-hybridized carbons (Fsp3) is 0.538. The molecule has 0 N–H and O–H groups in total. The molecule has 2 nitrogen and oxygen atoms in total. The van der Waals surface area contributed by atoms with E-state index in [1.54, 1.807) is 0 Å². The highest BCUT2D eigenvalue weighted by Gasteiger charge is 2.25. The van der Waals surface area contributed by atoms with E-state index >= 15 is 0 Å². The molecule has 2 unspecified atom stereocenters. The molecule has 18 heavy (non-hydrogen) atoms. The first-order chi connectivity index (χ1) is 8.60. The number of rotatable bonds is 3. The number of hydrogen-bond donors (Lipinski definition) is 0. The van der Waals surface area contributed by atoms with Crippen molar-refractivity contribution in [2.24, 2.45) is 0 Å². The van der Waals surface area contributed by atoms with E-state index in [4.69, 9.17) is 16.3 Å². The van der Waals surface area contributed by atoms with E-state index in [0.717, 1.165) is 0 Å². The predicted octanol–water partition coefficient (Wildman–Crippen LogP) is 2.79. The van der Waals surface area contributed by atoms with Crippen LogP contribution in [0.2, 0.25) is 0 Å². The van der Waals surface area contributed by atoms with Crippen molar-refractivity contribution in [1.82, 2.24) is 4.90 Å². The van der Waals surface area contributed by atoms with Crippen LogP contribution in [0.3, 0.4) is 0 Å². The van der Waals surface area contributed by atoms with Gasteiger partial charge in [-0.05, 0) is 19.1 Å². The van der Waals surface area contributed by atoms with E-state index in [1.807, 2.05) is 11.8 Å². The van der Waals surface area contributed by atoms with Gasteiger partial charge < -0.3 is 4.74 Å². The average Bonchev–Trinajstić information content (AvgIpc) is 2.33. The van der Waals surface area contributed by atoms with Gasteiger partial charge in [-0.3, -0.25) is 4.90 Å². The molecule has 1 aliphatic heterocycles. The third kappa shape index (κ3) is 3.19. The van der Waals surface area contributed by atoms with Crippen LogP contribution in [-0.2, 0) is 11.3 Å². The number of ether oxygens (including phenoxy) is 1. The molecule has 0 aliphatic carbocycles. The number of morpholine rings is 1. The maximum Gasteiger partial charge on any atom is 0.130 e. The zero-order valence-corrected chi connectivity index (χ0v) is 11.0. The third-order valence-electron chi connectivity index (χ3n) is 3.02. The first-order valence-corrected chi connectivity index (χ1v) is 6.50. The molecule has 1 aromatic rings. The van der Waals surface area contributed by atoms with Gasteiger partial charge in [0.2, 0.25) is 0 Å². The summed E-state index contributed by atoms with van der Waals surface area (Å²) in [5.74, 6) is -0.617. The molecule has 0 bridgehead atoms. The van der Waals surface area contributed by atoms with Crippen molar-refractivity contribution >= 4 is 11.6 Å². The second-order valence-electron chi connectivity index (χ2n) is 4.62. The van der Waals surface area contributed by atoms with Crippen molar-refractivity contribution in [3.63, 3.8) is 0 Å². The van der Waals surface area contributed by atoms with Gasteiger partial charge in [-0.1, -0.05) is 6.07 Å². The second-order valence-corrected chi connectivity index (χ2v) is 4.93. The fourth-order valence-electron chi connectivity index (χ4n) is 2.26. The Balaban J connectivity index is 2.08. The van der Waals surface area contributed by atoms with E-state index < -0.39 is 11.6 Å². The lowest BCUT2D eigenvalue weighted by atomic mass is 10.1. The van der Waals surface area contributed by atoms with Gasteiger partial charge in [0.25, 0.3) is 0 Å². The van der Waals surface area contributed by atoms with Crippen LogP contribution in [0.5, 0.6) is 0 Å². The zero-order chi connectivity index (χ0) is 13.1. The second kappa shape index (κ2) is 5.95. The van der Waals surface area contributed by atoms with Crippen molar-refractivity contribution < 1.29 is 13.5 Å². The molecule has 2 atom stereocenters. The molecule has 1 saturated heterocycles. The lowest BCUT2D eigenvalue weighted by Crippen LogP contribution is -2.47. The Morgan fingerprint density at radius 1 is 1.33 bits per heavy atom. The summed E-state index contributed by atoms with van der Waals surface area (Å²) in [7, 11) is 0. The third-order valence-corrected chi connectivity index (χ3v) is 3.36. The van der Waals surface area contributed by atoms with Crippen molar-refractivity contribution in [3.8, 4) is 0 Å². The van der Waals surface area contributed by atoms with Gasteiger partial charge in [-0.2, -0.15) is 0 Å². The van der Waals surface area contributed by atoms with Crippen LogP contribution in [0.15, 0.2) is 18.2 Å². The van der Waals surface area contributed by atoms with E-state index in [9.17, 15) is 8.78 Å². The molecule has 100 valence electrons. The highest BCUT2D eigenvalue weighted by molar-refractivity contribution is 6.18. The van der Waals surface area contributed by atoms with Gasteiger partial charge in [-0.25, -0.2) is 8.78 Å². The van der Waals surface area contributed by atoms with Gasteiger partial charge in [0, 0.05) is 31.1 Å². The normalized spacial score (nSPS) is 25.3. The largest absolute Gasteiger partial charge is 0.371 e. The standard InChI is InChI=1S/C13H16ClF2NO/c1-9-6-17(7-10(5-14)18-9)8-11-12(15)3-2-4-13(11)16/h2-4,9-10H,5-8H2,1H3. The molecule has 0 aromatic heterocycles. The van der Waals surface area contributed by atoms with Gasteiger partial charge >= 0.3 is 0 Å². The number of benzene rings is 1. The van der Waals surface area contributed by atoms with E-state index in [1.165, 1.54) is 18.2 Å². The van der Waals surface area contributed by atoms with E-state index in [0.29, 0.717) is 19.0 Å². The molecule has 1 aromatic carbocycles. The summed E-state index contributed by atoms with van der Waals surface area (Å²) in [5.41, 5.74) is 0.111. The molecule has 1 fully saturated rings. The molecule has 2 rings (SSSR count). The zero-order valence-electron chi connectivity index (χ0n) is 10.2. The van der Waals surface area contributed by atoms with Crippen LogP contribution in [0.1, 0.15) is 12.5 Å². The first-order valence-electron chi connectivity index (χ1n) is 5.96. The average molecular weight is 276 g/mol. The maximum absolute atomic E-state index is 13.6. The Morgan fingerprint density at radius 3 is 2.61 bits per heavy atom. The number of hydrogen-bond acceptors (Lipinski definition) is 2. The van der Waals surface area contributed by atoms with Crippen LogP contribution in [0, 0.1) is 11.6 Å². The minimum absolute atomic E-state index is 0.0253. The summed E-state index contributed by atoms with van der Waals surface area (Å²) in [6, 6.07) is 3.93. The first kappa shape index (κ1) is 13.7. The van der Waals surface area contributed by atoms with Gasteiger partial charge in [0.15, 0.2) is 0 Å². The Kier molecular flexibility index (Phi) is 4.54. The van der Waals surface area contributed by atoms with Crippen molar-refractivity contribution in [2.45, 2.75) is 25.7 Å². The predicted molar refractivity (Wildman–Crippen MR) is 66.7 cm³/mol. The summed E-state index contributed by atoms with van der Waals surface area (Å²) in [5, 5.41) is 0. The molecular weight excluding hydrogens is 260 g/mol. The summed E-state index contributed by atoms with van der Waals surface area (Å²) in [6.45, 7) is 3.44. The molecule has 0 saturated carbocycles. The molecule has 1 aliphatic rings. The minimum Gasteiger partial charge on any atom is -0.371 e. The van der Waals surface area contributed by atoms with Gasteiger partial charge in [0.05, 0.1) is 12.2 Å². The summed E-state index contributed by atoms with van der Waals surface area (Å²) in [4.78, 5) is 1.97. The van der Waals surface area contributed by atoms with Crippen LogP contribution >= 0.6 is 11.6 Å². The molecule has 0 spiro atoms. The van der Waals surface area contributed by atoms with Crippen LogP contribution in [0.4, 0.5) is 8.78 Å². The molecule has 0 amide bonds. The van der Waals surface area contributed by atoms with Crippen molar-refractivity contribution in [1.29, 1.82) is 0 Å². The SMILES string of the molecule is CC1CN(Cc2c(F)cccc2F)CC(CCl)O1. The number of nitrogens with zero attached hydrogens (tertiary/aromatic N) is 1. The van der Waals surface area contributed by atoms with Crippen molar-refractivity contribution in [2.75, 3.05) is 19.0 Å². The number of halogens is 3. The summed E-state index contributed by atoms with van der Waals surface area (Å²) < 4.78 is 32.7. The van der Waals surface area contributed by atoms with Crippen LogP contribution in [-0.4, -0.2) is 36.1 Å². The lowest BCUT2D eigenvalue weighted by Gasteiger charge is -2.36. The summed E-state index contributed by atoms with van der Waals surface area (Å²) >= 11 is 5.78. The monoisotopic (exact) mass is 275 g/mol. The Bertz CT molecular complexity index is 396. The summed E-state index contributed by atoms with van der Waals surface area (Å²) in [6.07, 6.45) is -0.0532. The van der Waals surface area contributed by atoms with Crippen LogP contribution in [0.25, 0.3) is 0 Å². The molecular formula is C13H16ClF2NO. The molecule has 0 radical (unpaired) electrons. The number of alkyl halides is 1. The Hall–Kier alpha value is -0.710. The smallest absolute Gasteiger partial charge is 0.130 e. The lowest BCUT2D eigenvalue weighted by molar-refractivity contribution is -0.0693. The maximum atomic E-state index is 13.6. The quantitative estimate of drug-likeness (QED) is 0.787. The molecule has 5 heteroatoms. The van der Waals surface area contributed by atoms with Gasteiger partial charge in [-0.15, -0.1) is 11.6 Å². The highest BCUT2D eigenvalue weighted by Crippen LogP contribution is 2.19. The van der Waals surface area contributed by atoms with Crippen LogP contribution < -0.4 is 0 Å². The highest BCUT2D eigenvalue weighted by atomic mass is 35.5. The minimum atomic E-state index is -0.503. The van der Waals surface area contributed by atoms with E-state index in [2.05, 4.69) is 0 Å². The topological polar surface area (TPSA) is 12.5 Å². The van der Waals surface area contributed by atoms with Gasteiger partial charge in [0.1, 0.15) is 11.6 Å². The van der Waals surface area contributed by atoms with E-state index in [-0.39, 0.29) is 24.3 Å². The fourth-order valence-corrected chi connectivity index (χ4v) is 2.43.